The van der Waals surface area contributed by atoms with Crippen molar-refractivity contribution in [2.75, 3.05) is 49.5 Å². The molecule has 2 aromatic rings. The van der Waals surface area contributed by atoms with Gasteiger partial charge in [0.05, 0.1) is 6.54 Å². The lowest BCUT2D eigenvalue weighted by molar-refractivity contribution is -0.118. The molecule has 4 rings (SSSR count). The zero-order chi connectivity index (χ0) is 22.3. The number of amides is 1. The predicted octanol–water partition coefficient (Wildman–Crippen LogP) is 4.35. The first-order valence-electron chi connectivity index (χ1n) is 11.9. The number of hydrogen-bond donors (Lipinski definition) is 1. The average molecular weight is 439 g/mol. The standard InChI is InChI=1S/C26H35FN4O/c1-21-18-29(19-22-8-4-5-9-25(22)27)16-17-31(21)20-26(32)28-23-10-12-24(13-11-23)30-14-6-2-3-7-15-30/h4-5,8-13,21H,2-3,6-7,14-20H2,1H3,(H,28,32)/t21-/m1/s1. The van der Waals surface area contributed by atoms with Crippen LogP contribution in [-0.4, -0.2) is 61.0 Å². The molecule has 0 unspecified atom stereocenters. The molecule has 0 aromatic heterocycles. The predicted molar refractivity (Wildman–Crippen MR) is 128 cm³/mol. The maximum Gasteiger partial charge on any atom is 0.238 e. The van der Waals surface area contributed by atoms with Gasteiger partial charge < -0.3 is 10.2 Å². The molecule has 2 fully saturated rings. The summed E-state index contributed by atoms with van der Waals surface area (Å²) < 4.78 is 14.0. The van der Waals surface area contributed by atoms with Crippen LogP contribution in [0.25, 0.3) is 0 Å². The van der Waals surface area contributed by atoms with Crippen LogP contribution in [-0.2, 0) is 11.3 Å². The summed E-state index contributed by atoms with van der Waals surface area (Å²) in [4.78, 5) is 19.6. The van der Waals surface area contributed by atoms with Crippen LogP contribution in [0.2, 0.25) is 0 Å². The Bertz CT molecular complexity index is 880. The van der Waals surface area contributed by atoms with Gasteiger partial charge in [-0.25, -0.2) is 4.39 Å². The Morgan fingerprint density at radius 2 is 1.69 bits per heavy atom. The summed E-state index contributed by atoms with van der Waals surface area (Å²) in [6.07, 6.45) is 5.15. The summed E-state index contributed by atoms with van der Waals surface area (Å²) in [6, 6.07) is 15.4. The minimum Gasteiger partial charge on any atom is -0.372 e. The molecule has 0 bridgehead atoms. The number of anilines is 2. The Balaban J connectivity index is 1.25. The topological polar surface area (TPSA) is 38.8 Å². The first-order valence-corrected chi connectivity index (χ1v) is 11.9. The third kappa shape index (κ3) is 6.08. The van der Waals surface area contributed by atoms with Crippen molar-refractivity contribution in [3.8, 4) is 0 Å². The van der Waals surface area contributed by atoms with E-state index in [0.29, 0.717) is 13.1 Å². The van der Waals surface area contributed by atoms with Crippen molar-refractivity contribution in [2.45, 2.75) is 45.2 Å². The van der Waals surface area contributed by atoms with Crippen molar-refractivity contribution in [2.24, 2.45) is 0 Å². The fourth-order valence-electron chi connectivity index (χ4n) is 4.79. The Hall–Kier alpha value is -2.44. The smallest absolute Gasteiger partial charge is 0.238 e. The Morgan fingerprint density at radius 1 is 0.969 bits per heavy atom. The third-order valence-electron chi connectivity index (χ3n) is 6.67. The average Bonchev–Trinajstić information content (AvgIpc) is 3.07. The Kier molecular flexibility index (Phi) is 7.76. The Labute approximate surface area is 191 Å². The third-order valence-corrected chi connectivity index (χ3v) is 6.67. The van der Waals surface area contributed by atoms with Gasteiger partial charge in [0.2, 0.25) is 5.91 Å². The first-order chi connectivity index (χ1) is 15.6. The molecular weight excluding hydrogens is 403 g/mol. The van der Waals surface area contributed by atoms with Crippen molar-refractivity contribution in [3.63, 3.8) is 0 Å². The van der Waals surface area contributed by atoms with Crippen LogP contribution in [0.4, 0.5) is 15.8 Å². The number of halogens is 1. The number of carbonyl (C=O) groups is 1. The summed E-state index contributed by atoms with van der Waals surface area (Å²) in [5, 5.41) is 3.05. The molecule has 172 valence electrons. The van der Waals surface area contributed by atoms with E-state index in [0.717, 1.165) is 44.0 Å². The number of nitrogens with zero attached hydrogens (tertiary/aromatic N) is 3. The fourth-order valence-corrected chi connectivity index (χ4v) is 4.79. The molecule has 0 spiro atoms. The van der Waals surface area contributed by atoms with Crippen molar-refractivity contribution in [1.29, 1.82) is 0 Å². The van der Waals surface area contributed by atoms with Gasteiger partial charge in [0.15, 0.2) is 0 Å². The van der Waals surface area contributed by atoms with Gasteiger partial charge in [0, 0.05) is 62.2 Å². The zero-order valence-electron chi connectivity index (χ0n) is 19.1. The van der Waals surface area contributed by atoms with Crippen LogP contribution in [0.1, 0.15) is 38.2 Å². The van der Waals surface area contributed by atoms with Crippen molar-refractivity contribution < 1.29 is 9.18 Å². The number of rotatable bonds is 6. The first kappa shape index (κ1) is 22.7. The molecule has 2 aliphatic rings. The Morgan fingerprint density at radius 3 is 2.38 bits per heavy atom. The zero-order valence-corrected chi connectivity index (χ0v) is 19.1. The van der Waals surface area contributed by atoms with Gasteiger partial charge in [-0.05, 0) is 50.1 Å². The second-order valence-electron chi connectivity index (χ2n) is 9.14. The van der Waals surface area contributed by atoms with Crippen molar-refractivity contribution in [3.05, 3.63) is 59.9 Å². The molecule has 2 saturated heterocycles. The number of nitrogens with one attached hydrogen (secondary N) is 1. The monoisotopic (exact) mass is 438 g/mol. The molecular formula is C26H35FN4O. The van der Waals surface area contributed by atoms with E-state index in [1.165, 1.54) is 37.4 Å². The van der Waals surface area contributed by atoms with E-state index in [2.05, 4.69) is 39.1 Å². The second kappa shape index (κ2) is 10.9. The summed E-state index contributed by atoms with van der Waals surface area (Å²) in [6.45, 7) is 7.82. The highest BCUT2D eigenvalue weighted by Gasteiger charge is 2.25. The molecule has 1 atom stereocenters. The maximum absolute atomic E-state index is 14.0. The van der Waals surface area contributed by atoms with Crippen molar-refractivity contribution >= 4 is 17.3 Å². The summed E-state index contributed by atoms with van der Waals surface area (Å²) >= 11 is 0. The fraction of sp³-hybridized carbons (Fsp3) is 0.500. The highest BCUT2D eigenvalue weighted by atomic mass is 19.1. The van der Waals surface area contributed by atoms with Gasteiger partial charge >= 0.3 is 0 Å². The van der Waals surface area contributed by atoms with Gasteiger partial charge in [-0.2, -0.15) is 0 Å². The lowest BCUT2D eigenvalue weighted by Gasteiger charge is -2.39. The summed E-state index contributed by atoms with van der Waals surface area (Å²) in [5.41, 5.74) is 2.82. The lowest BCUT2D eigenvalue weighted by Crippen LogP contribution is -2.53. The molecule has 5 nitrogen and oxygen atoms in total. The van der Waals surface area contributed by atoms with Crippen LogP contribution < -0.4 is 10.2 Å². The molecule has 0 radical (unpaired) electrons. The number of carbonyl (C=O) groups excluding carboxylic acids is 1. The van der Waals surface area contributed by atoms with E-state index in [1.54, 1.807) is 6.07 Å². The van der Waals surface area contributed by atoms with Gasteiger partial charge in [-0.3, -0.25) is 14.6 Å². The van der Waals surface area contributed by atoms with Gasteiger partial charge in [0.1, 0.15) is 5.82 Å². The van der Waals surface area contributed by atoms with Crippen LogP contribution in [0.15, 0.2) is 48.5 Å². The van der Waals surface area contributed by atoms with E-state index in [1.807, 2.05) is 24.3 Å². The second-order valence-corrected chi connectivity index (χ2v) is 9.14. The molecule has 2 aromatic carbocycles. The van der Waals surface area contributed by atoms with Crippen LogP contribution in [0, 0.1) is 5.82 Å². The molecule has 1 N–H and O–H groups in total. The number of hydrogen-bond acceptors (Lipinski definition) is 4. The van der Waals surface area contributed by atoms with E-state index in [-0.39, 0.29) is 17.8 Å². The minimum atomic E-state index is -0.149. The van der Waals surface area contributed by atoms with Crippen LogP contribution in [0.5, 0.6) is 0 Å². The van der Waals surface area contributed by atoms with Crippen LogP contribution >= 0.6 is 0 Å². The normalized spacial score (nSPS) is 20.7. The molecule has 0 saturated carbocycles. The minimum absolute atomic E-state index is 0.0157. The molecule has 1 amide bonds. The van der Waals surface area contributed by atoms with E-state index >= 15 is 0 Å². The SMILES string of the molecule is C[C@@H]1CN(Cc2ccccc2F)CCN1CC(=O)Nc1ccc(N2CCCCCC2)cc1. The van der Waals surface area contributed by atoms with Crippen molar-refractivity contribution in [1.82, 2.24) is 9.80 Å². The molecule has 0 aliphatic carbocycles. The highest BCUT2D eigenvalue weighted by molar-refractivity contribution is 5.92. The molecule has 2 aliphatic heterocycles. The lowest BCUT2D eigenvalue weighted by atomic mass is 10.1. The highest BCUT2D eigenvalue weighted by Crippen LogP contribution is 2.22. The molecule has 32 heavy (non-hydrogen) atoms. The van der Waals surface area contributed by atoms with Gasteiger partial charge in [-0.15, -0.1) is 0 Å². The summed E-state index contributed by atoms with van der Waals surface area (Å²) in [5.74, 6) is -0.134. The van der Waals surface area contributed by atoms with Crippen LogP contribution in [0.3, 0.4) is 0 Å². The molecule has 6 heteroatoms. The van der Waals surface area contributed by atoms with E-state index < -0.39 is 0 Å². The maximum atomic E-state index is 14.0. The van der Waals surface area contributed by atoms with Gasteiger partial charge in [0.25, 0.3) is 0 Å². The summed E-state index contributed by atoms with van der Waals surface area (Å²) in [7, 11) is 0. The largest absolute Gasteiger partial charge is 0.372 e. The number of benzene rings is 2. The van der Waals surface area contributed by atoms with E-state index in [4.69, 9.17) is 0 Å². The molecule has 2 heterocycles. The quantitative estimate of drug-likeness (QED) is 0.728. The van der Waals surface area contributed by atoms with E-state index in [9.17, 15) is 9.18 Å². The van der Waals surface area contributed by atoms with Gasteiger partial charge in [-0.1, -0.05) is 31.0 Å². The number of piperazine rings is 1.